The van der Waals surface area contributed by atoms with E-state index in [9.17, 15) is 8.78 Å². The second-order valence-electron chi connectivity index (χ2n) is 5.11. The molecule has 0 aliphatic carbocycles. The van der Waals surface area contributed by atoms with Crippen LogP contribution in [0.25, 0.3) is 0 Å². The van der Waals surface area contributed by atoms with Crippen molar-refractivity contribution in [3.8, 4) is 0 Å². The van der Waals surface area contributed by atoms with Gasteiger partial charge in [-0.05, 0) is 44.4 Å². The predicted octanol–water partition coefficient (Wildman–Crippen LogP) is 4.34. The lowest BCUT2D eigenvalue weighted by Crippen LogP contribution is -2.24. The number of benzene rings is 1. The van der Waals surface area contributed by atoms with Gasteiger partial charge >= 0.3 is 0 Å². The fourth-order valence-electron chi connectivity index (χ4n) is 2.71. The lowest BCUT2D eigenvalue weighted by Gasteiger charge is -2.21. The van der Waals surface area contributed by atoms with Gasteiger partial charge in [0.25, 0.3) is 0 Å². The zero-order chi connectivity index (χ0) is 14.5. The van der Waals surface area contributed by atoms with Crippen LogP contribution in [0.2, 0.25) is 0 Å². The molecule has 5 heteroatoms. The van der Waals surface area contributed by atoms with Crippen molar-refractivity contribution in [1.29, 1.82) is 0 Å². The molecule has 0 saturated carbocycles. The predicted molar refractivity (Wildman–Crippen MR) is 78.7 cm³/mol. The van der Waals surface area contributed by atoms with Gasteiger partial charge < -0.3 is 10.1 Å². The van der Waals surface area contributed by atoms with Crippen molar-refractivity contribution < 1.29 is 13.5 Å². The zero-order valence-electron chi connectivity index (χ0n) is 11.6. The molecule has 0 spiro atoms. The third-order valence-electron chi connectivity index (χ3n) is 3.64. The highest BCUT2D eigenvalue weighted by Crippen LogP contribution is 2.29. The lowest BCUT2D eigenvalue weighted by molar-refractivity contribution is 0.0994. The van der Waals surface area contributed by atoms with E-state index >= 15 is 0 Å². The Kier molecular flexibility index (Phi) is 5.93. The van der Waals surface area contributed by atoms with Gasteiger partial charge in [0.15, 0.2) is 0 Å². The molecule has 0 amide bonds. The first-order chi connectivity index (χ1) is 9.61. The van der Waals surface area contributed by atoms with Gasteiger partial charge in [0, 0.05) is 22.7 Å². The van der Waals surface area contributed by atoms with Crippen LogP contribution in [0, 0.1) is 11.6 Å². The van der Waals surface area contributed by atoms with Crippen LogP contribution in [0.15, 0.2) is 16.6 Å². The average Bonchev–Trinajstić information content (AvgIpc) is 2.87. The first kappa shape index (κ1) is 15.9. The quantitative estimate of drug-likeness (QED) is 0.826. The molecule has 0 aromatic heterocycles. The Morgan fingerprint density at radius 1 is 1.40 bits per heavy atom. The van der Waals surface area contributed by atoms with E-state index in [0.717, 1.165) is 25.9 Å². The number of hydrogen-bond acceptors (Lipinski definition) is 2. The second-order valence-corrected chi connectivity index (χ2v) is 6.02. The molecule has 1 aliphatic heterocycles. The Balaban J connectivity index is 2.10. The van der Waals surface area contributed by atoms with Crippen molar-refractivity contribution in [2.45, 2.75) is 44.8 Å². The van der Waals surface area contributed by atoms with Crippen LogP contribution in [0.4, 0.5) is 8.78 Å². The summed E-state index contributed by atoms with van der Waals surface area (Å²) < 4.78 is 34.1. The molecule has 2 nitrogen and oxygen atoms in total. The summed E-state index contributed by atoms with van der Waals surface area (Å²) in [4.78, 5) is 0. The first-order valence-corrected chi connectivity index (χ1v) is 7.90. The molecule has 1 saturated heterocycles. The third-order valence-corrected chi connectivity index (χ3v) is 4.10. The molecule has 1 fully saturated rings. The molecular formula is C15H20BrF2NO. The maximum absolute atomic E-state index is 14.0. The third kappa shape index (κ3) is 3.99. The van der Waals surface area contributed by atoms with Gasteiger partial charge in [0.1, 0.15) is 11.6 Å². The maximum Gasteiger partial charge on any atom is 0.132 e. The van der Waals surface area contributed by atoms with E-state index in [0.29, 0.717) is 17.4 Å². The highest BCUT2D eigenvalue weighted by molar-refractivity contribution is 9.10. The molecule has 20 heavy (non-hydrogen) atoms. The largest absolute Gasteiger partial charge is 0.378 e. The zero-order valence-corrected chi connectivity index (χ0v) is 13.2. The van der Waals surface area contributed by atoms with Crippen LogP contribution in [-0.4, -0.2) is 19.3 Å². The summed E-state index contributed by atoms with van der Waals surface area (Å²) in [6.45, 7) is 3.41. The summed E-state index contributed by atoms with van der Waals surface area (Å²) in [5.41, 5.74) is 0.132. The molecular weight excluding hydrogens is 328 g/mol. The monoisotopic (exact) mass is 347 g/mol. The molecule has 2 rings (SSSR count). The molecule has 0 radical (unpaired) electrons. The van der Waals surface area contributed by atoms with Crippen LogP contribution in [0.3, 0.4) is 0 Å². The topological polar surface area (TPSA) is 21.3 Å². The normalized spacial score (nSPS) is 20.3. The number of hydrogen-bond donors (Lipinski definition) is 1. The van der Waals surface area contributed by atoms with Crippen LogP contribution in [-0.2, 0) is 4.74 Å². The molecule has 2 atom stereocenters. The van der Waals surface area contributed by atoms with E-state index in [1.165, 1.54) is 12.1 Å². The van der Waals surface area contributed by atoms with Crippen molar-refractivity contribution >= 4 is 15.9 Å². The smallest absolute Gasteiger partial charge is 0.132 e. The summed E-state index contributed by atoms with van der Waals surface area (Å²) in [5.74, 6) is -1.01. The van der Waals surface area contributed by atoms with E-state index in [1.54, 1.807) is 0 Å². The van der Waals surface area contributed by atoms with E-state index < -0.39 is 11.6 Å². The minimum absolute atomic E-state index is 0.132. The molecule has 0 bridgehead atoms. The number of ether oxygens (including phenoxy) is 1. The van der Waals surface area contributed by atoms with Crippen molar-refractivity contribution in [3.63, 3.8) is 0 Å². The highest BCUT2D eigenvalue weighted by Gasteiger charge is 2.23. The second kappa shape index (κ2) is 7.48. The minimum Gasteiger partial charge on any atom is -0.378 e. The molecule has 2 unspecified atom stereocenters. The molecule has 1 aromatic carbocycles. The van der Waals surface area contributed by atoms with Gasteiger partial charge in [0.2, 0.25) is 0 Å². The van der Waals surface area contributed by atoms with E-state index in [4.69, 9.17) is 4.74 Å². The van der Waals surface area contributed by atoms with Crippen LogP contribution in [0.5, 0.6) is 0 Å². The molecule has 1 heterocycles. The summed E-state index contributed by atoms with van der Waals surface area (Å²) >= 11 is 3.11. The Bertz CT molecular complexity index is 426. The minimum atomic E-state index is -0.504. The summed E-state index contributed by atoms with van der Waals surface area (Å²) in [6, 6.07) is 2.32. The molecule has 112 valence electrons. The van der Waals surface area contributed by atoms with Gasteiger partial charge in [-0.25, -0.2) is 8.78 Å². The molecule has 1 aromatic rings. The Labute approximate surface area is 127 Å². The summed E-state index contributed by atoms with van der Waals surface area (Å²) in [5, 5.41) is 3.17. The lowest BCUT2D eigenvalue weighted by atomic mass is 9.98. The Morgan fingerprint density at radius 3 is 2.65 bits per heavy atom. The standard InChI is InChI=1S/C15H20BrF2NO/c1-2-19-14(6-5-11-4-3-7-20-11)15-12(17)8-10(16)9-13(15)18/h8-9,11,14,19H,2-7H2,1H3. The Hall–Kier alpha value is -0.520. The SMILES string of the molecule is CCNC(CCC1CCCO1)c1c(F)cc(Br)cc1F. The summed E-state index contributed by atoms with van der Waals surface area (Å²) in [6.07, 6.45) is 3.86. The average molecular weight is 348 g/mol. The van der Waals surface area contributed by atoms with Crippen LogP contribution >= 0.6 is 15.9 Å². The van der Waals surface area contributed by atoms with Crippen molar-refractivity contribution in [1.82, 2.24) is 5.32 Å². The van der Waals surface area contributed by atoms with Crippen LogP contribution < -0.4 is 5.32 Å². The first-order valence-electron chi connectivity index (χ1n) is 7.11. The van der Waals surface area contributed by atoms with Gasteiger partial charge in [-0.15, -0.1) is 0 Å². The van der Waals surface area contributed by atoms with Gasteiger partial charge in [-0.1, -0.05) is 22.9 Å². The van der Waals surface area contributed by atoms with Crippen molar-refractivity contribution in [2.75, 3.05) is 13.2 Å². The number of halogens is 3. The fourth-order valence-corrected chi connectivity index (χ4v) is 3.11. The van der Waals surface area contributed by atoms with Gasteiger partial charge in [-0.2, -0.15) is 0 Å². The van der Waals surface area contributed by atoms with E-state index in [-0.39, 0.29) is 17.7 Å². The Morgan fingerprint density at radius 2 is 2.10 bits per heavy atom. The summed E-state index contributed by atoms with van der Waals surface area (Å²) in [7, 11) is 0. The number of nitrogens with one attached hydrogen (secondary N) is 1. The molecule has 1 N–H and O–H groups in total. The van der Waals surface area contributed by atoms with Crippen molar-refractivity contribution in [2.24, 2.45) is 0 Å². The number of rotatable bonds is 6. The van der Waals surface area contributed by atoms with Gasteiger partial charge in [-0.3, -0.25) is 0 Å². The van der Waals surface area contributed by atoms with Crippen LogP contribution in [0.1, 0.15) is 44.2 Å². The van der Waals surface area contributed by atoms with Crippen molar-refractivity contribution in [3.05, 3.63) is 33.8 Å². The fraction of sp³-hybridized carbons (Fsp3) is 0.600. The van der Waals surface area contributed by atoms with Gasteiger partial charge in [0.05, 0.1) is 6.10 Å². The van der Waals surface area contributed by atoms with E-state index in [2.05, 4.69) is 21.2 Å². The molecule has 1 aliphatic rings. The van der Waals surface area contributed by atoms with E-state index in [1.807, 2.05) is 6.92 Å². The highest BCUT2D eigenvalue weighted by atomic mass is 79.9. The maximum atomic E-state index is 14.0.